The van der Waals surface area contributed by atoms with Crippen molar-refractivity contribution in [3.8, 4) is 0 Å². The first-order valence-electron chi connectivity index (χ1n) is 2.38. The minimum Gasteiger partial charge on any atom is -0.382 e. The minimum atomic E-state index is -0.958. The summed E-state index contributed by atoms with van der Waals surface area (Å²) in [6.45, 7) is 1.55. The van der Waals surface area contributed by atoms with E-state index in [4.69, 9.17) is 5.11 Å². The molecule has 1 N–H and O–H groups in total. The number of carbonyl (C=O) groups excluding carboxylic acids is 1. The molecule has 1 rings (SSSR count). The van der Waals surface area contributed by atoms with Crippen LogP contribution in [0.5, 0.6) is 0 Å². The summed E-state index contributed by atoms with van der Waals surface area (Å²) in [5, 5.41) is 8.83. The first-order chi connectivity index (χ1) is 3.13. The van der Waals surface area contributed by atoms with Crippen molar-refractivity contribution in [3.63, 3.8) is 0 Å². The molecule has 0 spiro atoms. The lowest BCUT2D eigenvalue weighted by molar-refractivity contribution is -0.147. The number of hydrogen-bond donors (Lipinski definition) is 1. The highest BCUT2D eigenvalue weighted by molar-refractivity contribution is 5.92. The number of carbonyl (C=O) groups is 1. The third-order valence-corrected chi connectivity index (χ3v) is 1.44. The van der Waals surface area contributed by atoms with Gasteiger partial charge in [-0.25, -0.2) is 0 Å². The van der Waals surface area contributed by atoms with E-state index in [0.29, 0.717) is 12.8 Å². The van der Waals surface area contributed by atoms with Crippen LogP contribution in [-0.4, -0.2) is 16.5 Å². The van der Waals surface area contributed by atoms with Crippen molar-refractivity contribution in [1.29, 1.82) is 0 Å². The summed E-state index contributed by atoms with van der Waals surface area (Å²) in [7, 11) is 0. The summed E-state index contributed by atoms with van der Waals surface area (Å²) in [5.41, 5.74) is -0.958. The van der Waals surface area contributed by atoms with Gasteiger partial charge in [0.15, 0.2) is 5.78 Å². The highest BCUT2D eigenvalue weighted by Gasteiger charge is 2.38. The van der Waals surface area contributed by atoms with E-state index in [2.05, 4.69) is 0 Å². The van der Waals surface area contributed by atoms with Gasteiger partial charge in [0.2, 0.25) is 0 Å². The molecule has 0 aliphatic heterocycles. The van der Waals surface area contributed by atoms with Gasteiger partial charge in [-0.05, 0) is 13.3 Å². The number of rotatable bonds is 0. The summed E-state index contributed by atoms with van der Waals surface area (Å²) < 4.78 is 0. The molecule has 0 radical (unpaired) electrons. The van der Waals surface area contributed by atoms with Crippen LogP contribution in [0.25, 0.3) is 0 Å². The van der Waals surface area contributed by atoms with Gasteiger partial charge in [0, 0.05) is 6.42 Å². The highest BCUT2D eigenvalue weighted by Crippen LogP contribution is 2.25. The van der Waals surface area contributed by atoms with Crippen molar-refractivity contribution in [3.05, 3.63) is 0 Å². The summed E-state index contributed by atoms with van der Waals surface area (Å²) >= 11 is 0. The fourth-order valence-corrected chi connectivity index (χ4v) is 0.589. The van der Waals surface area contributed by atoms with E-state index in [0.717, 1.165) is 0 Å². The zero-order valence-electron chi connectivity index (χ0n) is 4.27. The van der Waals surface area contributed by atoms with E-state index in [9.17, 15) is 4.79 Å². The molecule has 0 amide bonds. The maximum absolute atomic E-state index is 10.3. The van der Waals surface area contributed by atoms with Gasteiger partial charge in [0.1, 0.15) is 5.60 Å². The molecule has 7 heavy (non-hydrogen) atoms. The Morgan fingerprint density at radius 2 is 2.29 bits per heavy atom. The molecule has 1 unspecified atom stereocenters. The Labute approximate surface area is 42.1 Å². The van der Waals surface area contributed by atoms with E-state index in [-0.39, 0.29) is 5.78 Å². The van der Waals surface area contributed by atoms with Crippen molar-refractivity contribution in [2.45, 2.75) is 25.4 Å². The van der Waals surface area contributed by atoms with E-state index in [1.165, 1.54) is 0 Å². The molecule has 2 nitrogen and oxygen atoms in total. The van der Waals surface area contributed by atoms with Crippen LogP contribution in [0.1, 0.15) is 19.8 Å². The molecule has 1 fully saturated rings. The zero-order chi connectivity index (χ0) is 5.49. The predicted octanol–water partition coefficient (Wildman–Crippen LogP) is 0.100. The smallest absolute Gasteiger partial charge is 0.164 e. The second-order valence-corrected chi connectivity index (χ2v) is 2.20. The number of aliphatic hydroxyl groups is 1. The van der Waals surface area contributed by atoms with Crippen LogP contribution < -0.4 is 0 Å². The Balaban J connectivity index is 2.59. The molecule has 1 atom stereocenters. The number of hydrogen-bond acceptors (Lipinski definition) is 2. The summed E-state index contributed by atoms with van der Waals surface area (Å²) in [4.78, 5) is 10.3. The maximum atomic E-state index is 10.3. The molecular formula is C5H8O2. The van der Waals surface area contributed by atoms with Crippen LogP contribution in [0.3, 0.4) is 0 Å². The normalized spacial score (nSPS) is 40.6. The van der Waals surface area contributed by atoms with Gasteiger partial charge in [-0.15, -0.1) is 0 Å². The van der Waals surface area contributed by atoms with E-state index >= 15 is 0 Å². The second kappa shape index (κ2) is 1.07. The molecule has 40 valence electrons. The summed E-state index contributed by atoms with van der Waals surface area (Å²) in [6.07, 6.45) is 1.21. The van der Waals surface area contributed by atoms with Crippen molar-refractivity contribution < 1.29 is 9.90 Å². The summed E-state index contributed by atoms with van der Waals surface area (Å²) in [5.74, 6) is -0.0208. The average Bonchev–Trinajstić information content (AvgIpc) is 1.63. The van der Waals surface area contributed by atoms with Crippen molar-refractivity contribution >= 4 is 5.78 Å². The van der Waals surface area contributed by atoms with Gasteiger partial charge in [0.25, 0.3) is 0 Å². The summed E-state index contributed by atoms with van der Waals surface area (Å²) in [6, 6.07) is 0. The molecule has 0 aromatic heterocycles. The van der Waals surface area contributed by atoms with Gasteiger partial charge in [0.05, 0.1) is 0 Å². The first-order valence-corrected chi connectivity index (χ1v) is 2.38. The van der Waals surface area contributed by atoms with Gasteiger partial charge in [-0.1, -0.05) is 0 Å². The topological polar surface area (TPSA) is 37.3 Å². The first kappa shape index (κ1) is 4.78. The lowest BCUT2D eigenvalue weighted by atomic mass is 9.81. The van der Waals surface area contributed by atoms with Crippen molar-refractivity contribution in [2.24, 2.45) is 0 Å². The molecule has 2 heteroatoms. The third-order valence-electron chi connectivity index (χ3n) is 1.44. The molecule has 0 bridgehead atoms. The zero-order valence-corrected chi connectivity index (χ0v) is 4.27. The fraction of sp³-hybridized carbons (Fsp3) is 0.800. The molecule has 0 aromatic carbocycles. The van der Waals surface area contributed by atoms with Crippen LogP contribution in [0.2, 0.25) is 0 Å². The van der Waals surface area contributed by atoms with Crippen molar-refractivity contribution in [1.82, 2.24) is 0 Å². The van der Waals surface area contributed by atoms with E-state index in [1.54, 1.807) is 6.92 Å². The molecule has 1 saturated carbocycles. The SMILES string of the molecule is CC1(O)CCC1=O. The van der Waals surface area contributed by atoms with Crippen LogP contribution in [0.4, 0.5) is 0 Å². The third kappa shape index (κ3) is 0.548. The van der Waals surface area contributed by atoms with Crippen LogP contribution >= 0.6 is 0 Å². The molecule has 0 saturated heterocycles. The Kier molecular flexibility index (Phi) is 0.729. The van der Waals surface area contributed by atoms with Gasteiger partial charge >= 0.3 is 0 Å². The second-order valence-electron chi connectivity index (χ2n) is 2.20. The largest absolute Gasteiger partial charge is 0.382 e. The standard InChI is InChI=1S/C5H8O2/c1-5(7)3-2-4(5)6/h7H,2-3H2,1H3. The van der Waals surface area contributed by atoms with Gasteiger partial charge in [-0.3, -0.25) is 4.79 Å². The highest BCUT2D eigenvalue weighted by atomic mass is 16.3. The lowest BCUT2D eigenvalue weighted by Gasteiger charge is -2.29. The van der Waals surface area contributed by atoms with Crippen LogP contribution in [0.15, 0.2) is 0 Å². The predicted molar refractivity (Wildman–Crippen MR) is 24.9 cm³/mol. The molecule has 1 aliphatic carbocycles. The van der Waals surface area contributed by atoms with E-state index < -0.39 is 5.60 Å². The fourth-order valence-electron chi connectivity index (χ4n) is 0.589. The molecule has 1 aliphatic rings. The van der Waals surface area contributed by atoms with Crippen molar-refractivity contribution in [2.75, 3.05) is 0 Å². The Morgan fingerprint density at radius 1 is 1.86 bits per heavy atom. The molecule has 0 heterocycles. The lowest BCUT2D eigenvalue weighted by Crippen LogP contribution is -2.44. The quantitative estimate of drug-likeness (QED) is 0.468. The number of ketones is 1. The Bertz CT molecular complexity index is 105. The maximum Gasteiger partial charge on any atom is 0.164 e. The molecular weight excluding hydrogens is 92.1 g/mol. The van der Waals surface area contributed by atoms with E-state index in [1.807, 2.05) is 0 Å². The average molecular weight is 100 g/mol. The molecule has 0 aromatic rings. The Morgan fingerprint density at radius 3 is 2.29 bits per heavy atom. The minimum absolute atomic E-state index is 0.0208. The van der Waals surface area contributed by atoms with Crippen LogP contribution in [0, 0.1) is 0 Å². The van der Waals surface area contributed by atoms with Crippen LogP contribution in [-0.2, 0) is 4.79 Å². The Hall–Kier alpha value is -0.370. The van der Waals surface area contributed by atoms with Gasteiger partial charge in [-0.2, -0.15) is 0 Å². The monoisotopic (exact) mass is 100 g/mol. The van der Waals surface area contributed by atoms with Gasteiger partial charge < -0.3 is 5.11 Å². The number of Topliss-reactive ketones (excluding diaryl/α,β-unsaturated/α-hetero) is 1.